The Hall–Kier alpha value is -7.46. The third-order valence-electron chi connectivity index (χ3n) is 11.9. The molecule has 0 atom stereocenters. The van der Waals surface area contributed by atoms with E-state index in [-0.39, 0.29) is 0 Å². The number of nitrogens with zero attached hydrogens (tertiary/aromatic N) is 2. The minimum Gasteiger partial charge on any atom is -0.310 e. The van der Waals surface area contributed by atoms with E-state index >= 15 is 0 Å². The number of benzene rings is 10. The van der Waals surface area contributed by atoms with Crippen LogP contribution in [0.15, 0.2) is 218 Å². The topological polar surface area (TPSA) is 8.17 Å². The number of thiophene rings is 1. The quantitative estimate of drug-likeness (QED) is 0.164. The highest BCUT2D eigenvalue weighted by atomic mass is 32.1. The van der Waals surface area contributed by atoms with E-state index < -0.39 is 0 Å². The fraction of sp³-hybridized carbons (Fsp3) is 0. The van der Waals surface area contributed by atoms with Crippen molar-refractivity contribution in [3.8, 4) is 27.9 Å². The van der Waals surface area contributed by atoms with Crippen LogP contribution in [0.1, 0.15) is 0 Å². The van der Waals surface area contributed by atoms with Crippen molar-refractivity contribution in [3.63, 3.8) is 0 Å². The Labute approximate surface area is 346 Å². The molecule has 0 aliphatic rings. The highest BCUT2D eigenvalue weighted by molar-refractivity contribution is 7.26. The van der Waals surface area contributed by atoms with Crippen molar-refractivity contribution in [1.82, 2.24) is 4.57 Å². The van der Waals surface area contributed by atoms with Crippen LogP contribution in [0.5, 0.6) is 0 Å². The van der Waals surface area contributed by atoms with E-state index in [4.69, 9.17) is 0 Å². The number of hydrogen-bond donors (Lipinski definition) is 0. The van der Waals surface area contributed by atoms with Gasteiger partial charge in [0, 0.05) is 59.1 Å². The molecule has 0 bridgehead atoms. The molecule has 0 N–H and O–H groups in total. The van der Waals surface area contributed by atoms with E-state index in [9.17, 15) is 0 Å². The SMILES string of the molecule is c1ccc(N(c2ccc(-c3ccc(-c4ccc5c(c4)c4cc6ccc7c8ccccc8sc7c6cc4n5-c4ccccc4)cc3)cc2)c2ccc3ccccc3c2)cc1. The molecule has 0 saturated heterocycles. The van der Waals surface area contributed by atoms with Gasteiger partial charge in [-0.3, -0.25) is 0 Å². The van der Waals surface area contributed by atoms with Crippen LogP contribution in [-0.4, -0.2) is 4.57 Å². The lowest BCUT2D eigenvalue weighted by molar-refractivity contribution is 1.18. The maximum atomic E-state index is 2.44. The van der Waals surface area contributed by atoms with Gasteiger partial charge in [0.2, 0.25) is 0 Å². The van der Waals surface area contributed by atoms with Gasteiger partial charge in [-0.25, -0.2) is 0 Å². The lowest BCUT2D eigenvalue weighted by Gasteiger charge is -2.26. The molecule has 10 aromatic carbocycles. The number of fused-ring (bicyclic) bond motifs is 9. The standard InChI is InChI=1S/C56H36N2S/c1-3-13-44(14-4-1)57(47-30-25-37-11-7-8-12-41(37)33-47)46-28-23-39(24-29-46)38-19-21-40(22-20-38)42-27-32-53-51(34-42)52-35-43-26-31-49-48-17-9-10-18-55(48)59-56(49)50(43)36-54(52)58(53)45-15-5-2-6-16-45/h1-36H. The maximum absolute atomic E-state index is 2.44. The second-order valence-corrected chi connectivity index (χ2v) is 16.4. The number of hydrogen-bond acceptors (Lipinski definition) is 2. The molecule has 0 aliphatic heterocycles. The Bertz CT molecular complexity index is 3530. The summed E-state index contributed by atoms with van der Waals surface area (Å²) in [4.78, 5) is 2.33. The van der Waals surface area contributed by atoms with Crippen LogP contribution in [0, 0.1) is 0 Å². The van der Waals surface area contributed by atoms with Crippen molar-refractivity contribution in [2.75, 3.05) is 4.90 Å². The van der Waals surface area contributed by atoms with Gasteiger partial charge in [-0.15, -0.1) is 11.3 Å². The fourth-order valence-corrected chi connectivity index (χ4v) is 10.3. The molecule has 12 rings (SSSR count). The first-order valence-corrected chi connectivity index (χ1v) is 21.0. The second-order valence-electron chi connectivity index (χ2n) is 15.4. The Morgan fingerprint density at radius 2 is 0.915 bits per heavy atom. The Morgan fingerprint density at radius 3 is 1.71 bits per heavy atom. The lowest BCUT2D eigenvalue weighted by Crippen LogP contribution is -2.09. The molecule has 0 radical (unpaired) electrons. The van der Waals surface area contributed by atoms with Crippen molar-refractivity contribution in [1.29, 1.82) is 0 Å². The zero-order valence-electron chi connectivity index (χ0n) is 32.1. The molecule has 3 heteroatoms. The predicted molar refractivity (Wildman–Crippen MR) is 254 cm³/mol. The van der Waals surface area contributed by atoms with E-state index in [2.05, 4.69) is 228 Å². The van der Waals surface area contributed by atoms with Crippen LogP contribution in [0.25, 0.3) is 91.5 Å². The van der Waals surface area contributed by atoms with Gasteiger partial charge in [0.15, 0.2) is 0 Å². The highest BCUT2D eigenvalue weighted by Crippen LogP contribution is 2.43. The monoisotopic (exact) mass is 768 g/mol. The summed E-state index contributed by atoms with van der Waals surface area (Å²) in [6.07, 6.45) is 0. The van der Waals surface area contributed by atoms with E-state index in [1.54, 1.807) is 0 Å². The molecule has 12 aromatic rings. The molecule has 59 heavy (non-hydrogen) atoms. The summed E-state index contributed by atoms with van der Waals surface area (Å²) in [5.74, 6) is 0. The number of anilines is 3. The number of para-hydroxylation sites is 2. The molecule has 0 spiro atoms. The average Bonchev–Trinajstić information content (AvgIpc) is 3.85. The second kappa shape index (κ2) is 13.6. The molecule has 2 heterocycles. The largest absolute Gasteiger partial charge is 0.310 e. The van der Waals surface area contributed by atoms with Crippen molar-refractivity contribution in [2.24, 2.45) is 0 Å². The normalized spacial score (nSPS) is 11.7. The zero-order chi connectivity index (χ0) is 38.9. The van der Waals surface area contributed by atoms with Crippen LogP contribution in [-0.2, 0) is 0 Å². The van der Waals surface area contributed by atoms with Crippen molar-refractivity contribution in [2.45, 2.75) is 0 Å². The first-order valence-electron chi connectivity index (χ1n) is 20.2. The first-order chi connectivity index (χ1) is 29.2. The van der Waals surface area contributed by atoms with E-state index in [0.29, 0.717) is 0 Å². The van der Waals surface area contributed by atoms with Gasteiger partial charge in [-0.05, 0) is 117 Å². The predicted octanol–water partition coefficient (Wildman–Crippen LogP) is 16.3. The summed E-state index contributed by atoms with van der Waals surface area (Å²) in [6, 6.07) is 79.8. The van der Waals surface area contributed by atoms with Gasteiger partial charge in [0.1, 0.15) is 0 Å². The summed E-state index contributed by atoms with van der Waals surface area (Å²) in [7, 11) is 0. The summed E-state index contributed by atoms with van der Waals surface area (Å²) >= 11 is 1.90. The molecular formula is C56H36N2S. The van der Waals surface area contributed by atoms with Crippen LogP contribution in [0.4, 0.5) is 17.1 Å². The van der Waals surface area contributed by atoms with E-state index in [0.717, 1.165) is 17.1 Å². The summed E-state index contributed by atoms with van der Waals surface area (Å²) < 4.78 is 5.12. The number of aromatic nitrogens is 1. The molecule has 2 nitrogen and oxygen atoms in total. The minimum atomic E-state index is 1.12. The molecule has 0 fully saturated rings. The molecule has 0 amide bonds. The van der Waals surface area contributed by atoms with Gasteiger partial charge in [-0.2, -0.15) is 0 Å². The van der Waals surface area contributed by atoms with Crippen molar-refractivity contribution < 1.29 is 0 Å². The van der Waals surface area contributed by atoms with E-state index in [1.807, 2.05) is 11.3 Å². The third kappa shape index (κ3) is 5.62. The van der Waals surface area contributed by atoms with Crippen LogP contribution < -0.4 is 4.90 Å². The molecule has 276 valence electrons. The van der Waals surface area contributed by atoms with Gasteiger partial charge >= 0.3 is 0 Å². The molecule has 0 aliphatic carbocycles. The number of rotatable bonds is 6. The van der Waals surface area contributed by atoms with Crippen LogP contribution in [0.2, 0.25) is 0 Å². The third-order valence-corrected chi connectivity index (χ3v) is 13.2. The molecule has 2 aromatic heterocycles. The van der Waals surface area contributed by atoms with Gasteiger partial charge in [0.25, 0.3) is 0 Å². The van der Waals surface area contributed by atoms with Gasteiger partial charge in [0.05, 0.1) is 11.0 Å². The Kier molecular flexibility index (Phi) is 7.75. The maximum Gasteiger partial charge on any atom is 0.0547 e. The highest BCUT2D eigenvalue weighted by Gasteiger charge is 2.18. The Morgan fingerprint density at radius 1 is 0.322 bits per heavy atom. The van der Waals surface area contributed by atoms with Crippen molar-refractivity contribution in [3.05, 3.63) is 218 Å². The van der Waals surface area contributed by atoms with Crippen molar-refractivity contribution >= 4 is 91.9 Å². The fourth-order valence-electron chi connectivity index (χ4n) is 9.05. The molecule has 0 unspecified atom stereocenters. The molecule has 0 saturated carbocycles. The van der Waals surface area contributed by atoms with Crippen LogP contribution in [0.3, 0.4) is 0 Å². The van der Waals surface area contributed by atoms with Gasteiger partial charge < -0.3 is 9.47 Å². The first kappa shape index (κ1) is 33.7. The van der Waals surface area contributed by atoms with Gasteiger partial charge in [-0.1, -0.05) is 140 Å². The van der Waals surface area contributed by atoms with E-state index in [1.165, 1.54) is 91.5 Å². The summed E-state index contributed by atoms with van der Waals surface area (Å²) in [5.41, 5.74) is 11.8. The zero-order valence-corrected chi connectivity index (χ0v) is 32.9. The van der Waals surface area contributed by atoms with Crippen LogP contribution >= 0.6 is 11.3 Å². The smallest absolute Gasteiger partial charge is 0.0547 e. The lowest BCUT2D eigenvalue weighted by atomic mass is 9.98. The Balaban J connectivity index is 0.919. The summed E-state index contributed by atoms with van der Waals surface area (Å²) in [6.45, 7) is 0. The average molecular weight is 769 g/mol. The molecular weight excluding hydrogens is 733 g/mol. The minimum absolute atomic E-state index is 1.12. The summed E-state index contributed by atoms with van der Waals surface area (Å²) in [5, 5.41) is 10.2.